The van der Waals surface area contributed by atoms with Crippen LogP contribution in [0.2, 0.25) is 0 Å². The maximum atomic E-state index is 11.3. The van der Waals surface area contributed by atoms with E-state index in [2.05, 4.69) is 16.5 Å². The predicted octanol–water partition coefficient (Wildman–Crippen LogP) is 2.65. The van der Waals surface area contributed by atoms with Crippen LogP contribution in [-0.2, 0) is 11.2 Å². The number of aryl methyl sites for hydroxylation is 1. The highest BCUT2D eigenvalue weighted by molar-refractivity contribution is 5.70. The summed E-state index contributed by atoms with van der Waals surface area (Å²) in [6.07, 6.45) is 9.62. The first kappa shape index (κ1) is 12.1. The van der Waals surface area contributed by atoms with Crippen LogP contribution in [0.3, 0.4) is 0 Å². The van der Waals surface area contributed by atoms with Crippen LogP contribution in [-0.4, -0.2) is 20.6 Å². The van der Waals surface area contributed by atoms with Crippen LogP contribution < -0.4 is 0 Å². The fraction of sp³-hybridized carbons (Fsp3) is 0.692. The Balaban J connectivity index is 2.23. The van der Waals surface area contributed by atoms with Crippen molar-refractivity contribution < 1.29 is 9.90 Å². The zero-order valence-corrected chi connectivity index (χ0v) is 10.3. The predicted molar refractivity (Wildman–Crippen MR) is 64.9 cm³/mol. The fourth-order valence-electron chi connectivity index (χ4n) is 2.80. The fourth-order valence-corrected chi connectivity index (χ4v) is 2.80. The summed E-state index contributed by atoms with van der Waals surface area (Å²) in [5.74, 6) is 0.130. The number of carbonyl (C=O) groups is 1. The maximum absolute atomic E-state index is 11.3. The molecule has 1 heterocycles. The molecular weight excluding hydrogens is 216 g/mol. The van der Waals surface area contributed by atoms with E-state index < -0.39 is 5.97 Å². The number of imidazole rings is 1. The summed E-state index contributed by atoms with van der Waals surface area (Å²) in [7, 11) is 0. The van der Waals surface area contributed by atoms with Gasteiger partial charge in [-0.1, -0.05) is 19.8 Å². The Morgan fingerprint density at radius 2 is 2.29 bits per heavy atom. The molecule has 0 amide bonds. The molecule has 0 aromatic carbocycles. The Hall–Kier alpha value is -1.32. The molecule has 1 aliphatic rings. The molecule has 1 fully saturated rings. The summed E-state index contributed by atoms with van der Waals surface area (Å²) in [5.41, 5.74) is 0. The number of hydrogen-bond acceptors (Lipinski definition) is 2. The Labute approximate surface area is 102 Å². The van der Waals surface area contributed by atoms with Gasteiger partial charge in [0.05, 0.1) is 5.92 Å². The van der Waals surface area contributed by atoms with E-state index in [-0.39, 0.29) is 12.0 Å². The monoisotopic (exact) mass is 236 g/mol. The first-order valence-electron chi connectivity index (χ1n) is 6.48. The molecule has 0 bridgehead atoms. The van der Waals surface area contributed by atoms with Crippen LogP contribution in [0.4, 0.5) is 0 Å². The average molecular weight is 236 g/mol. The zero-order chi connectivity index (χ0) is 12.3. The lowest BCUT2D eigenvalue weighted by atomic mass is 9.84. The van der Waals surface area contributed by atoms with Crippen molar-refractivity contribution in [2.45, 2.75) is 51.5 Å². The first-order valence-corrected chi connectivity index (χ1v) is 6.48. The quantitative estimate of drug-likeness (QED) is 0.874. The van der Waals surface area contributed by atoms with Crippen molar-refractivity contribution in [3.05, 3.63) is 18.2 Å². The lowest BCUT2D eigenvalue weighted by Crippen LogP contribution is -2.30. The number of carboxylic acid groups (broad SMARTS) is 1. The molecule has 1 saturated carbocycles. The van der Waals surface area contributed by atoms with E-state index in [1.807, 2.05) is 6.20 Å². The number of rotatable bonds is 4. The van der Waals surface area contributed by atoms with Gasteiger partial charge in [0.25, 0.3) is 0 Å². The number of carboxylic acids is 1. The molecule has 0 saturated heterocycles. The Bertz CT molecular complexity index is 387. The number of aromatic nitrogens is 2. The highest BCUT2D eigenvalue weighted by Crippen LogP contribution is 2.34. The van der Waals surface area contributed by atoms with E-state index in [1.165, 1.54) is 0 Å². The van der Waals surface area contributed by atoms with Gasteiger partial charge in [0.1, 0.15) is 5.82 Å². The topological polar surface area (TPSA) is 55.1 Å². The summed E-state index contributed by atoms with van der Waals surface area (Å²) in [4.78, 5) is 15.6. The molecular formula is C13H20N2O2. The van der Waals surface area contributed by atoms with Crippen molar-refractivity contribution in [1.82, 2.24) is 9.55 Å². The molecule has 1 aliphatic carbocycles. The molecule has 0 radical (unpaired) electrons. The van der Waals surface area contributed by atoms with Gasteiger partial charge in [-0.15, -0.1) is 0 Å². The molecule has 2 rings (SSSR count). The normalized spacial score (nSPS) is 24.8. The summed E-state index contributed by atoms with van der Waals surface area (Å²) >= 11 is 0. The van der Waals surface area contributed by atoms with Gasteiger partial charge in [0, 0.05) is 24.9 Å². The number of aliphatic carboxylic acids is 1. The molecule has 1 aromatic heterocycles. The van der Waals surface area contributed by atoms with Crippen molar-refractivity contribution in [2.24, 2.45) is 5.92 Å². The van der Waals surface area contributed by atoms with Gasteiger partial charge in [-0.3, -0.25) is 4.79 Å². The minimum absolute atomic E-state index is 0.102. The number of hydrogen-bond donors (Lipinski definition) is 1. The third-order valence-corrected chi connectivity index (χ3v) is 3.63. The second-order valence-electron chi connectivity index (χ2n) is 4.80. The highest BCUT2D eigenvalue weighted by Gasteiger charge is 2.32. The molecule has 0 spiro atoms. The van der Waals surface area contributed by atoms with Gasteiger partial charge in [0.15, 0.2) is 0 Å². The van der Waals surface area contributed by atoms with Crippen molar-refractivity contribution in [3.63, 3.8) is 0 Å². The van der Waals surface area contributed by atoms with Crippen LogP contribution in [0.5, 0.6) is 0 Å². The van der Waals surface area contributed by atoms with E-state index in [0.29, 0.717) is 0 Å². The van der Waals surface area contributed by atoms with E-state index >= 15 is 0 Å². The molecule has 4 heteroatoms. The minimum atomic E-state index is -0.661. The zero-order valence-electron chi connectivity index (χ0n) is 10.3. The van der Waals surface area contributed by atoms with Crippen LogP contribution in [0.1, 0.15) is 50.9 Å². The lowest BCUT2D eigenvalue weighted by Gasteiger charge is -2.30. The summed E-state index contributed by atoms with van der Waals surface area (Å²) in [6.45, 7) is 2.12. The molecule has 0 aliphatic heterocycles. The van der Waals surface area contributed by atoms with Gasteiger partial charge >= 0.3 is 5.97 Å². The standard InChI is InChI=1S/C13H20N2O2/c1-2-5-12-14-8-9-15(12)11-7-4-3-6-10(11)13(16)17/h8-11H,2-7H2,1H3,(H,16,17). The Morgan fingerprint density at radius 3 is 3.00 bits per heavy atom. The summed E-state index contributed by atoms with van der Waals surface area (Å²) in [5, 5.41) is 9.29. The van der Waals surface area contributed by atoms with E-state index in [4.69, 9.17) is 0 Å². The van der Waals surface area contributed by atoms with Gasteiger partial charge < -0.3 is 9.67 Å². The molecule has 1 aromatic rings. The Kier molecular flexibility index (Phi) is 3.82. The summed E-state index contributed by atoms with van der Waals surface area (Å²) < 4.78 is 2.10. The molecule has 94 valence electrons. The van der Waals surface area contributed by atoms with E-state index in [0.717, 1.165) is 44.3 Å². The minimum Gasteiger partial charge on any atom is -0.481 e. The van der Waals surface area contributed by atoms with Gasteiger partial charge in [-0.05, 0) is 19.3 Å². The van der Waals surface area contributed by atoms with Crippen molar-refractivity contribution in [2.75, 3.05) is 0 Å². The number of nitrogens with zero attached hydrogens (tertiary/aromatic N) is 2. The summed E-state index contributed by atoms with van der Waals surface area (Å²) in [6, 6.07) is 0.102. The lowest BCUT2D eigenvalue weighted by molar-refractivity contribution is -0.144. The van der Waals surface area contributed by atoms with Crippen molar-refractivity contribution in [1.29, 1.82) is 0 Å². The highest BCUT2D eigenvalue weighted by atomic mass is 16.4. The third kappa shape index (κ3) is 2.51. The maximum Gasteiger partial charge on any atom is 0.308 e. The van der Waals surface area contributed by atoms with Crippen LogP contribution >= 0.6 is 0 Å². The molecule has 2 atom stereocenters. The molecule has 1 N–H and O–H groups in total. The average Bonchev–Trinajstić information content (AvgIpc) is 2.77. The van der Waals surface area contributed by atoms with E-state index in [9.17, 15) is 9.90 Å². The van der Waals surface area contributed by atoms with Crippen LogP contribution in [0, 0.1) is 5.92 Å². The van der Waals surface area contributed by atoms with Crippen LogP contribution in [0.25, 0.3) is 0 Å². The third-order valence-electron chi connectivity index (χ3n) is 3.63. The van der Waals surface area contributed by atoms with Gasteiger partial charge in [-0.25, -0.2) is 4.98 Å². The smallest absolute Gasteiger partial charge is 0.308 e. The first-order chi connectivity index (χ1) is 8.24. The van der Waals surface area contributed by atoms with Gasteiger partial charge in [-0.2, -0.15) is 0 Å². The molecule has 17 heavy (non-hydrogen) atoms. The van der Waals surface area contributed by atoms with E-state index in [1.54, 1.807) is 6.20 Å². The van der Waals surface area contributed by atoms with Crippen molar-refractivity contribution >= 4 is 5.97 Å². The van der Waals surface area contributed by atoms with Crippen molar-refractivity contribution in [3.8, 4) is 0 Å². The van der Waals surface area contributed by atoms with Gasteiger partial charge in [0.2, 0.25) is 0 Å². The molecule has 4 nitrogen and oxygen atoms in total. The van der Waals surface area contributed by atoms with Crippen LogP contribution in [0.15, 0.2) is 12.4 Å². The second-order valence-corrected chi connectivity index (χ2v) is 4.80. The SMILES string of the molecule is CCCc1nccn1C1CCCCC1C(=O)O. The largest absolute Gasteiger partial charge is 0.481 e. The Morgan fingerprint density at radius 1 is 1.53 bits per heavy atom. The molecule has 2 unspecified atom stereocenters. The second kappa shape index (κ2) is 5.34.